The van der Waals surface area contributed by atoms with E-state index in [2.05, 4.69) is 6.92 Å². The molecule has 1 fully saturated rings. The number of rotatable bonds is 3. The highest BCUT2D eigenvalue weighted by molar-refractivity contribution is 5.80. The van der Waals surface area contributed by atoms with E-state index in [1.165, 1.54) is 43.8 Å². The standard InChI is InChI=1S/C12H18O2/c1-10(6-5-9-12(13)14)11-7-3-2-4-8-11/h5-6,9,11H,2-4,7-8H2,1H3,(H,13,14)/b9-5+,10-6+. The van der Waals surface area contributed by atoms with Gasteiger partial charge in [0.25, 0.3) is 0 Å². The summed E-state index contributed by atoms with van der Waals surface area (Å²) in [6.07, 6.45) is 11.3. The molecule has 1 aliphatic carbocycles. The van der Waals surface area contributed by atoms with Crippen LogP contribution in [0.5, 0.6) is 0 Å². The average molecular weight is 194 g/mol. The summed E-state index contributed by atoms with van der Waals surface area (Å²) in [5.74, 6) is -0.195. The van der Waals surface area contributed by atoms with Crippen molar-refractivity contribution >= 4 is 5.97 Å². The molecule has 1 rings (SSSR count). The zero-order valence-electron chi connectivity index (χ0n) is 8.70. The number of hydrogen-bond donors (Lipinski definition) is 1. The summed E-state index contributed by atoms with van der Waals surface area (Å²) in [7, 11) is 0. The summed E-state index contributed by atoms with van der Waals surface area (Å²) in [6.45, 7) is 2.10. The fraction of sp³-hybridized carbons (Fsp3) is 0.583. The van der Waals surface area contributed by atoms with Gasteiger partial charge in [0.1, 0.15) is 0 Å². The molecule has 1 aliphatic rings. The molecular formula is C12H18O2. The maximum atomic E-state index is 10.2. The SMILES string of the molecule is C/C(=C\C=C\C(=O)O)C1CCCCC1. The Kier molecular flexibility index (Phi) is 4.44. The number of hydrogen-bond acceptors (Lipinski definition) is 1. The highest BCUT2D eigenvalue weighted by atomic mass is 16.4. The predicted octanol–water partition coefficient (Wildman–Crippen LogP) is 3.15. The fourth-order valence-corrected chi connectivity index (χ4v) is 1.98. The first-order chi connectivity index (χ1) is 6.70. The van der Waals surface area contributed by atoms with Crippen LogP contribution in [0.3, 0.4) is 0 Å². The van der Waals surface area contributed by atoms with Crippen molar-refractivity contribution in [3.8, 4) is 0 Å². The molecule has 0 aromatic heterocycles. The van der Waals surface area contributed by atoms with Crippen LogP contribution < -0.4 is 0 Å². The third-order valence-electron chi connectivity index (χ3n) is 2.85. The molecule has 0 amide bonds. The van der Waals surface area contributed by atoms with E-state index in [-0.39, 0.29) is 0 Å². The number of allylic oxidation sites excluding steroid dienone is 3. The van der Waals surface area contributed by atoms with Crippen molar-refractivity contribution in [2.45, 2.75) is 39.0 Å². The molecule has 14 heavy (non-hydrogen) atoms. The van der Waals surface area contributed by atoms with Crippen molar-refractivity contribution in [2.75, 3.05) is 0 Å². The molecule has 1 saturated carbocycles. The lowest BCUT2D eigenvalue weighted by Gasteiger charge is -2.21. The Labute approximate surface area is 85.3 Å². The van der Waals surface area contributed by atoms with Crippen LogP contribution in [-0.4, -0.2) is 11.1 Å². The van der Waals surface area contributed by atoms with Gasteiger partial charge < -0.3 is 5.11 Å². The largest absolute Gasteiger partial charge is 0.478 e. The summed E-state index contributed by atoms with van der Waals surface area (Å²) >= 11 is 0. The molecule has 0 aromatic rings. The van der Waals surface area contributed by atoms with Gasteiger partial charge >= 0.3 is 5.97 Å². The Balaban J connectivity index is 2.45. The van der Waals surface area contributed by atoms with E-state index in [0.717, 1.165) is 0 Å². The summed E-state index contributed by atoms with van der Waals surface area (Å²) in [5, 5.41) is 8.42. The van der Waals surface area contributed by atoms with Gasteiger partial charge in [0.2, 0.25) is 0 Å². The molecular weight excluding hydrogens is 176 g/mol. The molecule has 0 unspecified atom stereocenters. The van der Waals surface area contributed by atoms with Crippen molar-refractivity contribution in [1.29, 1.82) is 0 Å². The third kappa shape index (κ3) is 3.77. The van der Waals surface area contributed by atoms with Crippen LogP contribution in [0.1, 0.15) is 39.0 Å². The van der Waals surface area contributed by atoms with E-state index < -0.39 is 5.97 Å². The zero-order valence-corrected chi connectivity index (χ0v) is 8.70. The maximum Gasteiger partial charge on any atom is 0.328 e. The number of carboxylic acid groups (broad SMARTS) is 1. The molecule has 2 nitrogen and oxygen atoms in total. The zero-order chi connectivity index (χ0) is 10.4. The average Bonchev–Trinajstić information content (AvgIpc) is 2.18. The predicted molar refractivity (Wildman–Crippen MR) is 57.1 cm³/mol. The topological polar surface area (TPSA) is 37.3 Å². The molecule has 0 atom stereocenters. The maximum absolute atomic E-state index is 10.2. The Morgan fingerprint density at radius 3 is 2.50 bits per heavy atom. The smallest absolute Gasteiger partial charge is 0.328 e. The van der Waals surface area contributed by atoms with E-state index in [9.17, 15) is 4.79 Å². The second-order valence-electron chi connectivity index (χ2n) is 3.94. The highest BCUT2D eigenvalue weighted by Crippen LogP contribution is 2.29. The minimum absolute atomic E-state index is 0.683. The Morgan fingerprint density at radius 2 is 1.93 bits per heavy atom. The summed E-state index contributed by atoms with van der Waals surface area (Å²) < 4.78 is 0. The molecule has 0 aliphatic heterocycles. The van der Waals surface area contributed by atoms with Crippen LogP contribution in [0.4, 0.5) is 0 Å². The first-order valence-corrected chi connectivity index (χ1v) is 5.28. The van der Waals surface area contributed by atoms with Gasteiger partial charge in [-0.15, -0.1) is 0 Å². The molecule has 0 aromatic carbocycles. The van der Waals surface area contributed by atoms with Crippen LogP contribution in [-0.2, 0) is 4.79 Å². The molecule has 0 radical (unpaired) electrons. The van der Waals surface area contributed by atoms with Crippen molar-refractivity contribution in [2.24, 2.45) is 5.92 Å². The molecule has 0 spiro atoms. The summed E-state index contributed by atoms with van der Waals surface area (Å²) in [5.41, 5.74) is 1.32. The lowest BCUT2D eigenvalue weighted by Crippen LogP contribution is -2.06. The normalized spacial score (nSPS) is 20.2. The van der Waals surface area contributed by atoms with Crippen molar-refractivity contribution in [3.63, 3.8) is 0 Å². The Morgan fingerprint density at radius 1 is 1.29 bits per heavy atom. The van der Waals surface area contributed by atoms with Crippen molar-refractivity contribution in [3.05, 3.63) is 23.8 Å². The Bertz CT molecular complexity index is 245. The van der Waals surface area contributed by atoms with E-state index in [1.54, 1.807) is 6.08 Å². The summed E-state index contributed by atoms with van der Waals surface area (Å²) in [6, 6.07) is 0. The van der Waals surface area contributed by atoms with Gasteiger partial charge in [0.05, 0.1) is 0 Å². The minimum atomic E-state index is -0.877. The van der Waals surface area contributed by atoms with Gasteiger partial charge in [-0.05, 0) is 25.7 Å². The monoisotopic (exact) mass is 194 g/mol. The van der Waals surface area contributed by atoms with Gasteiger partial charge in [-0.1, -0.05) is 37.0 Å². The van der Waals surface area contributed by atoms with Gasteiger partial charge in [-0.2, -0.15) is 0 Å². The number of carboxylic acids is 1. The van der Waals surface area contributed by atoms with Gasteiger partial charge in [0, 0.05) is 6.08 Å². The van der Waals surface area contributed by atoms with Gasteiger partial charge in [-0.3, -0.25) is 0 Å². The molecule has 2 heteroatoms. The van der Waals surface area contributed by atoms with E-state index in [1.807, 2.05) is 6.08 Å². The first-order valence-electron chi connectivity index (χ1n) is 5.28. The molecule has 0 bridgehead atoms. The lowest BCUT2D eigenvalue weighted by molar-refractivity contribution is -0.131. The lowest BCUT2D eigenvalue weighted by atomic mass is 9.84. The number of aliphatic carboxylic acids is 1. The van der Waals surface area contributed by atoms with Crippen LogP contribution >= 0.6 is 0 Å². The highest BCUT2D eigenvalue weighted by Gasteiger charge is 2.13. The van der Waals surface area contributed by atoms with Crippen molar-refractivity contribution < 1.29 is 9.90 Å². The molecule has 78 valence electrons. The fourth-order valence-electron chi connectivity index (χ4n) is 1.98. The second kappa shape index (κ2) is 5.63. The van der Waals surface area contributed by atoms with E-state index in [4.69, 9.17) is 5.11 Å². The summed E-state index contributed by atoms with van der Waals surface area (Å²) in [4.78, 5) is 10.2. The second-order valence-corrected chi connectivity index (χ2v) is 3.94. The quantitative estimate of drug-likeness (QED) is 0.553. The first kappa shape index (κ1) is 11.0. The van der Waals surface area contributed by atoms with Crippen LogP contribution in [0, 0.1) is 5.92 Å². The number of carbonyl (C=O) groups is 1. The van der Waals surface area contributed by atoms with Gasteiger partial charge in [0.15, 0.2) is 0 Å². The van der Waals surface area contributed by atoms with Crippen LogP contribution in [0.15, 0.2) is 23.8 Å². The van der Waals surface area contributed by atoms with Crippen LogP contribution in [0.2, 0.25) is 0 Å². The van der Waals surface area contributed by atoms with Crippen LogP contribution in [0.25, 0.3) is 0 Å². The van der Waals surface area contributed by atoms with Crippen molar-refractivity contribution in [1.82, 2.24) is 0 Å². The third-order valence-corrected chi connectivity index (χ3v) is 2.85. The van der Waals surface area contributed by atoms with E-state index >= 15 is 0 Å². The molecule has 0 saturated heterocycles. The molecule has 1 N–H and O–H groups in total. The van der Waals surface area contributed by atoms with E-state index in [0.29, 0.717) is 5.92 Å². The Hall–Kier alpha value is -1.05. The van der Waals surface area contributed by atoms with Gasteiger partial charge in [-0.25, -0.2) is 4.79 Å². The minimum Gasteiger partial charge on any atom is -0.478 e. The molecule has 0 heterocycles.